The third-order valence-corrected chi connectivity index (χ3v) is 4.44. The standard InChI is InChI=1S/C14H23F2NOS/c1-4-14(5-2,6-3)17-9-11-7-8-12(18-11)10-19-13(15)16/h7-8,13,17H,4-6,9-10H2,1-3H3. The maximum absolute atomic E-state index is 12.1. The lowest BCUT2D eigenvalue weighted by Crippen LogP contribution is -2.42. The Hall–Kier alpha value is -0.550. The average Bonchev–Trinajstić information content (AvgIpc) is 2.87. The van der Waals surface area contributed by atoms with E-state index in [1.807, 2.05) is 6.07 Å². The number of furan rings is 1. The van der Waals surface area contributed by atoms with Crippen LogP contribution in [0.2, 0.25) is 0 Å². The van der Waals surface area contributed by atoms with Gasteiger partial charge in [-0.1, -0.05) is 32.5 Å². The molecule has 0 aromatic carbocycles. The first-order chi connectivity index (χ1) is 9.05. The van der Waals surface area contributed by atoms with Gasteiger partial charge in [0, 0.05) is 5.54 Å². The van der Waals surface area contributed by atoms with Crippen molar-refractivity contribution in [1.29, 1.82) is 0 Å². The largest absolute Gasteiger partial charge is 0.464 e. The van der Waals surface area contributed by atoms with Crippen LogP contribution >= 0.6 is 11.8 Å². The molecule has 1 aromatic heterocycles. The zero-order chi connectivity index (χ0) is 14.3. The molecule has 19 heavy (non-hydrogen) atoms. The van der Waals surface area contributed by atoms with Crippen molar-refractivity contribution in [2.75, 3.05) is 0 Å². The quantitative estimate of drug-likeness (QED) is 0.708. The smallest absolute Gasteiger partial charge is 0.284 e. The highest BCUT2D eigenvalue weighted by Crippen LogP contribution is 2.23. The third-order valence-electron chi connectivity index (χ3n) is 3.74. The van der Waals surface area contributed by atoms with Crippen molar-refractivity contribution in [2.24, 2.45) is 0 Å². The van der Waals surface area contributed by atoms with Crippen LogP contribution in [0.15, 0.2) is 16.5 Å². The molecule has 1 N–H and O–H groups in total. The van der Waals surface area contributed by atoms with E-state index in [-0.39, 0.29) is 11.3 Å². The molecule has 0 bridgehead atoms. The van der Waals surface area contributed by atoms with Crippen molar-refractivity contribution >= 4 is 11.8 Å². The monoisotopic (exact) mass is 291 g/mol. The topological polar surface area (TPSA) is 25.2 Å². The lowest BCUT2D eigenvalue weighted by atomic mass is 9.90. The number of thioether (sulfide) groups is 1. The van der Waals surface area contributed by atoms with E-state index in [9.17, 15) is 8.78 Å². The van der Waals surface area contributed by atoms with Crippen molar-refractivity contribution in [1.82, 2.24) is 5.32 Å². The molecular weight excluding hydrogens is 268 g/mol. The van der Waals surface area contributed by atoms with Gasteiger partial charge in [0.1, 0.15) is 11.5 Å². The fourth-order valence-corrected chi connectivity index (χ4v) is 2.59. The van der Waals surface area contributed by atoms with Gasteiger partial charge in [0.2, 0.25) is 0 Å². The fraction of sp³-hybridized carbons (Fsp3) is 0.714. The summed E-state index contributed by atoms with van der Waals surface area (Å²) in [6.45, 7) is 7.17. The molecule has 0 fully saturated rings. The number of hydrogen-bond donors (Lipinski definition) is 1. The molecule has 0 atom stereocenters. The summed E-state index contributed by atoms with van der Waals surface area (Å²) in [6, 6.07) is 3.64. The highest BCUT2D eigenvalue weighted by atomic mass is 32.2. The minimum Gasteiger partial charge on any atom is -0.464 e. The minimum absolute atomic E-state index is 0.144. The number of alkyl halides is 2. The molecule has 0 spiro atoms. The molecule has 0 saturated carbocycles. The van der Waals surface area contributed by atoms with E-state index in [4.69, 9.17) is 4.42 Å². The Bertz CT molecular complexity index is 356. The van der Waals surface area contributed by atoms with Crippen LogP contribution in [0.4, 0.5) is 8.78 Å². The van der Waals surface area contributed by atoms with Crippen molar-refractivity contribution in [2.45, 2.75) is 63.6 Å². The average molecular weight is 291 g/mol. The molecule has 0 amide bonds. The second kappa shape index (κ2) is 7.90. The summed E-state index contributed by atoms with van der Waals surface area (Å²) in [5.41, 5.74) is 0.144. The summed E-state index contributed by atoms with van der Waals surface area (Å²) >= 11 is 0.587. The van der Waals surface area contributed by atoms with Gasteiger partial charge in [-0.2, -0.15) is 8.78 Å². The van der Waals surface area contributed by atoms with Gasteiger partial charge >= 0.3 is 0 Å². The Balaban J connectivity index is 2.49. The summed E-state index contributed by atoms with van der Waals surface area (Å²) in [7, 11) is 0. The van der Waals surface area contributed by atoms with Gasteiger partial charge in [0.25, 0.3) is 5.76 Å². The lowest BCUT2D eigenvalue weighted by molar-refractivity contribution is 0.251. The maximum Gasteiger partial charge on any atom is 0.284 e. The van der Waals surface area contributed by atoms with E-state index in [0.717, 1.165) is 25.0 Å². The highest BCUT2D eigenvalue weighted by molar-refractivity contribution is 7.98. The molecule has 5 heteroatoms. The zero-order valence-electron chi connectivity index (χ0n) is 11.8. The Morgan fingerprint density at radius 2 is 1.74 bits per heavy atom. The van der Waals surface area contributed by atoms with E-state index < -0.39 is 5.76 Å². The van der Waals surface area contributed by atoms with Crippen molar-refractivity contribution in [3.63, 3.8) is 0 Å². The Morgan fingerprint density at radius 3 is 2.26 bits per heavy atom. The van der Waals surface area contributed by atoms with E-state index in [2.05, 4.69) is 26.1 Å². The van der Waals surface area contributed by atoms with Gasteiger partial charge in [-0.3, -0.25) is 0 Å². The van der Waals surface area contributed by atoms with Crippen LogP contribution in [0.5, 0.6) is 0 Å². The molecule has 2 nitrogen and oxygen atoms in total. The minimum atomic E-state index is -2.35. The summed E-state index contributed by atoms with van der Waals surface area (Å²) in [5.74, 6) is -0.709. The van der Waals surface area contributed by atoms with E-state index in [0.29, 0.717) is 24.1 Å². The molecule has 1 aromatic rings. The van der Waals surface area contributed by atoms with Crippen LogP contribution in [0.1, 0.15) is 51.6 Å². The zero-order valence-corrected chi connectivity index (χ0v) is 12.7. The van der Waals surface area contributed by atoms with E-state index in [1.165, 1.54) is 0 Å². The van der Waals surface area contributed by atoms with Crippen molar-refractivity contribution in [3.8, 4) is 0 Å². The number of nitrogens with one attached hydrogen (secondary N) is 1. The lowest BCUT2D eigenvalue weighted by Gasteiger charge is -2.31. The molecule has 0 aliphatic carbocycles. The molecule has 0 aliphatic rings. The van der Waals surface area contributed by atoms with E-state index >= 15 is 0 Å². The predicted molar refractivity (Wildman–Crippen MR) is 76.5 cm³/mol. The summed E-state index contributed by atoms with van der Waals surface area (Å²) < 4.78 is 29.7. The first-order valence-corrected chi connectivity index (χ1v) is 7.82. The molecule has 1 rings (SSSR count). The van der Waals surface area contributed by atoms with Gasteiger partial charge in [-0.15, -0.1) is 0 Å². The van der Waals surface area contributed by atoms with Gasteiger partial charge in [0.15, 0.2) is 0 Å². The first kappa shape index (κ1) is 16.5. The normalized spacial score (nSPS) is 12.3. The van der Waals surface area contributed by atoms with Gasteiger partial charge in [-0.05, 0) is 31.4 Å². The number of halogens is 2. The Kier molecular flexibility index (Phi) is 6.86. The number of rotatable bonds is 9. The van der Waals surface area contributed by atoms with E-state index in [1.54, 1.807) is 6.07 Å². The second-order valence-electron chi connectivity index (χ2n) is 4.63. The summed E-state index contributed by atoms with van der Waals surface area (Å²) in [5, 5.41) is 3.53. The molecular formula is C14H23F2NOS. The first-order valence-electron chi connectivity index (χ1n) is 6.77. The van der Waals surface area contributed by atoms with Gasteiger partial charge in [-0.25, -0.2) is 0 Å². The Labute approximate surface area is 118 Å². The molecule has 0 unspecified atom stereocenters. The van der Waals surface area contributed by atoms with Gasteiger partial charge in [0.05, 0.1) is 12.3 Å². The Morgan fingerprint density at radius 1 is 1.16 bits per heavy atom. The molecule has 1 heterocycles. The van der Waals surface area contributed by atoms with Crippen LogP contribution < -0.4 is 5.32 Å². The van der Waals surface area contributed by atoms with Crippen LogP contribution in [0.25, 0.3) is 0 Å². The third kappa shape index (κ3) is 5.15. The van der Waals surface area contributed by atoms with Crippen LogP contribution in [-0.4, -0.2) is 11.3 Å². The van der Waals surface area contributed by atoms with Crippen molar-refractivity contribution in [3.05, 3.63) is 23.7 Å². The van der Waals surface area contributed by atoms with Crippen LogP contribution in [0, 0.1) is 0 Å². The molecule has 0 aliphatic heterocycles. The maximum atomic E-state index is 12.1. The highest BCUT2D eigenvalue weighted by Gasteiger charge is 2.23. The number of hydrogen-bond acceptors (Lipinski definition) is 3. The molecule has 0 radical (unpaired) electrons. The summed E-state index contributed by atoms with van der Waals surface area (Å²) in [6.07, 6.45) is 3.19. The van der Waals surface area contributed by atoms with Gasteiger partial charge < -0.3 is 9.73 Å². The van der Waals surface area contributed by atoms with Crippen LogP contribution in [-0.2, 0) is 12.3 Å². The van der Waals surface area contributed by atoms with Crippen LogP contribution in [0.3, 0.4) is 0 Å². The molecule has 110 valence electrons. The SMILES string of the molecule is CCC(CC)(CC)NCc1ccc(CSC(F)F)o1. The van der Waals surface area contributed by atoms with Crippen molar-refractivity contribution < 1.29 is 13.2 Å². The summed E-state index contributed by atoms with van der Waals surface area (Å²) in [4.78, 5) is 0. The molecule has 0 saturated heterocycles. The second-order valence-corrected chi connectivity index (χ2v) is 5.61. The fourth-order valence-electron chi connectivity index (χ4n) is 2.14. The predicted octanol–water partition coefficient (Wildman–Crippen LogP) is 4.79.